The van der Waals surface area contributed by atoms with Gasteiger partial charge in [0.05, 0.1) is 6.20 Å². The van der Waals surface area contributed by atoms with Crippen molar-refractivity contribution in [2.45, 2.75) is 19.4 Å². The summed E-state index contributed by atoms with van der Waals surface area (Å²) in [4.78, 5) is 6.69. The molecule has 2 heterocycles. The van der Waals surface area contributed by atoms with E-state index in [0.29, 0.717) is 0 Å². The third-order valence-electron chi connectivity index (χ3n) is 3.25. The molecule has 3 rings (SSSR count). The minimum atomic E-state index is 0.732. The van der Waals surface area contributed by atoms with E-state index in [1.54, 1.807) is 6.20 Å². The molecule has 5 nitrogen and oxygen atoms in total. The monoisotopic (exact) mass is 255 g/mol. The third-order valence-corrected chi connectivity index (χ3v) is 3.25. The Hall–Kier alpha value is -2.17. The molecule has 0 spiro atoms. The van der Waals surface area contributed by atoms with Crippen molar-refractivity contribution in [3.05, 3.63) is 42.1 Å². The first-order valence-electron chi connectivity index (χ1n) is 6.64. The fraction of sp³-hybridized carbons (Fsp3) is 0.357. The van der Waals surface area contributed by atoms with Gasteiger partial charge in [0.25, 0.3) is 0 Å². The van der Waals surface area contributed by atoms with Crippen LogP contribution in [0.3, 0.4) is 0 Å². The number of hydrogen-bond donors (Lipinski definition) is 1. The molecule has 0 bridgehead atoms. The van der Waals surface area contributed by atoms with Gasteiger partial charge in [0.15, 0.2) is 5.82 Å². The number of hydrogen-bond acceptors (Lipinski definition) is 5. The zero-order valence-electron chi connectivity index (χ0n) is 10.8. The molecule has 1 saturated heterocycles. The van der Waals surface area contributed by atoms with Crippen LogP contribution in [0.2, 0.25) is 0 Å². The maximum Gasteiger partial charge on any atom is 0.247 e. The summed E-state index contributed by atoms with van der Waals surface area (Å²) in [7, 11) is 0. The Morgan fingerprint density at radius 3 is 2.68 bits per heavy atom. The lowest BCUT2D eigenvalue weighted by molar-refractivity contribution is 0.848. The Morgan fingerprint density at radius 2 is 1.89 bits per heavy atom. The van der Waals surface area contributed by atoms with Gasteiger partial charge in [0.2, 0.25) is 5.95 Å². The molecule has 0 radical (unpaired) electrons. The number of rotatable bonds is 4. The van der Waals surface area contributed by atoms with Gasteiger partial charge in [0, 0.05) is 19.6 Å². The summed E-state index contributed by atoms with van der Waals surface area (Å²) in [5.41, 5.74) is 1.23. The van der Waals surface area contributed by atoms with Crippen molar-refractivity contribution < 1.29 is 0 Å². The Labute approximate surface area is 112 Å². The van der Waals surface area contributed by atoms with E-state index in [0.717, 1.165) is 31.4 Å². The average molecular weight is 255 g/mol. The van der Waals surface area contributed by atoms with E-state index in [2.05, 4.69) is 37.5 Å². The van der Waals surface area contributed by atoms with E-state index in [1.807, 2.05) is 18.2 Å². The fourth-order valence-electron chi connectivity index (χ4n) is 2.22. The lowest BCUT2D eigenvalue weighted by atomic mass is 10.2. The third kappa shape index (κ3) is 2.99. The van der Waals surface area contributed by atoms with Crippen LogP contribution in [-0.2, 0) is 6.54 Å². The quantitative estimate of drug-likeness (QED) is 0.906. The summed E-state index contributed by atoms with van der Waals surface area (Å²) in [6, 6.07) is 10.3. The molecule has 0 unspecified atom stereocenters. The van der Waals surface area contributed by atoms with Crippen molar-refractivity contribution in [3.8, 4) is 0 Å². The van der Waals surface area contributed by atoms with Gasteiger partial charge >= 0.3 is 0 Å². The van der Waals surface area contributed by atoms with Gasteiger partial charge in [-0.2, -0.15) is 10.1 Å². The van der Waals surface area contributed by atoms with Crippen LogP contribution in [0, 0.1) is 0 Å². The highest BCUT2D eigenvalue weighted by Crippen LogP contribution is 2.16. The Bertz CT molecular complexity index is 522. The smallest absolute Gasteiger partial charge is 0.247 e. The highest BCUT2D eigenvalue weighted by atomic mass is 15.3. The lowest BCUT2D eigenvalue weighted by Gasteiger charge is -2.14. The zero-order chi connectivity index (χ0) is 12.9. The number of benzene rings is 1. The molecule has 0 saturated carbocycles. The summed E-state index contributed by atoms with van der Waals surface area (Å²) in [5, 5.41) is 11.4. The molecular weight excluding hydrogens is 238 g/mol. The van der Waals surface area contributed by atoms with E-state index in [-0.39, 0.29) is 0 Å². The van der Waals surface area contributed by atoms with Gasteiger partial charge in [-0.1, -0.05) is 30.3 Å². The van der Waals surface area contributed by atoms with Crippen LogP contribution in [-0.4, -0.2) is 28.3 Å². The maximum atomic E-state index is 4.51. The standard InChI is InChI=1S/C14H17N5/c1-2-6-12(7-3-1)10-15-13-11-16-18-14(17-13)19-8-4-5-9-19/h1-3,6-7,11H,4-5,8-10H2,(H,15,17,18). The average Bonchev–Trinajstić information content (AvgIpc) is 3.01. The summed E-state index contributed by atoms with van der Waals surface area (Å²) in [6.45, 7) is 2.81. The molecule has 2 aromatic rings. The summed E-state index contributed by atoms with van der Waals surface area (Å²) < 4.78 is 0. The first-order valence-corrected chi connectivity index (χ1v) is 6.64. The van der Waals surface area contributed by atoms with Gasteiger partial charge in [0.1, 0.15) is 0 Å². The van der Waals surface area contributed by atoms with Crippen LogP contribution < -0.4 is 10.2 Å². The predicted molar refractivity (Wildman–Crippen MR) is 75.0 cm³/mol. The number of anilines is 2. The van der Waals surface area contributed by atoms with Crippen LogP contribution in [0.25, 0.3) is 0 Å². The van der Waals surface area contributed by atoms with E-state index in [1.165, 1.54) is 18.4 Å². The summed E-state index contributed by atoms with van der Waals surface area (Å²) in [6.07, 6.45) is 4.10. The van der Waals surface area contributed by atoms with Crippen LogP contribution in [0.4, 0.5) is 11.8 Å². The molecule has 0 atom stereocenters. The molecule has 0 amide bonds. The molecule has 1 fully saturated rings. The van der Waals surface area contributed by atoms with Crippen LogP contribution in [0.5, 0.6) is 0 Å². The van der Waals surface area contributed by atoms with Gasteiger partial charge in [-0.25, -0.2) is 0 Å². The minimum Gasteiger partial charge on any atom is -0.365 e. The highest BCUT2D eigenvalue weighted by molar-refractivity contribution is 5.40. The summed E-state index contributed by atoms with van der Waals surface area (Å²) >= 11 is 0. The zero-order valence-corrected chi connectivity index (χ0v) is 10.8. The first kappa shape index (κ1) is 11.9. The van der Waals surface area contributed by atoms with Crippen molar-refractivity contribution in [2.75, 3.05) is 23.3 Å². The molecule has 1 aliphatic rings. The number of nitrogens with zero attached hydrogens (tertiary/aromatic N) is 4. The second kappa shape index (κ2) is 5.65. The van der Waals surface area contributed by atoms with Crippen molar-refractivity contribution in [1.29, 1.82) is 0 Å². The molecular formula is C14H17N5. The van der Waals surface area contributed by atoms with Crippen LogP contribution >= 0.6 is 0 Å². The second-order valence-corrected chi connectivity index (χ2v) is 4.67. The minimum absolute atomic E-state index is 0.732. The topological polar surface area (TPSA) is 53.9 Å². The number of nitrogens with one attached hydrogen (secondary N) is 1. The Balaban J connectivity index is 1.66. The Kier molecular flexibility index (Phi) is 3.54. The highest BCUT2D eigenvalue weighted by Gasteiger charge is 2.15. The fourth-order valence-corrected chi connectivity index (χ4v) is 2.22. The van der Waals surface area contributed by atoms with E-state index >= 15 is 0 Å². The van der Waals surface area contributed by atoms with Crippen LogP contribution in [0.15, 0.2) is 36.5 Å². The largest absolute Gasteiger partial charge is 0.365 e. The number of aromatic nitrogens is 3. The van der Waals surface area contributed by atoms with E-state index < -0.39 is 0 Å². The maximum absolute atomic E-state index is 4.51. The molecule has 1 aliphatic heterocycles. The lowest BCUT2D eigenvalue weighted by Crippen LogP contribution is -2.21. The van der Waals surface area contributed by atoms with Crippen molar-refractivity contribution in [2.24, 2.45) is 0 Å². The summed E-state index contributed by atoms with van der Waals surface area (Å²) in [5.74, 6) is 1.51. The van der Waals surface area contributed by atoms with E-state index in [4.69, 9.17) is 0 Å². The molecule has 1 aromatic heterocycles. The van der Waals surface area contributed by atoms with Gasteiger partial charge in [-0.3, -0.25) is 0 Å². The van der Waals surface area contributed by atoms with E-state index in [9.17, 15) is 0 Å². The van der Waals surface area contributed by atoms with Gasteiger partial charge in [-0.05, 0) is 18.4 Å². The SMILES string of the molecule is c1ccc(CNc2cnnc(N3CCCC3)n2)cc1. The van der Waals surface area contributed by atoms with Gasteiger partial charge < -0.3 is 10.2 Å². The van der Waals surface area contributed by atoms with Crippen molar-refractivity contribution >= 4 is 11.8 Å². The molecule has 19 heavy (non-hydrogen) atoms. The molecule has 5 heteroatoms. The van der Waals surface area contributed by atoms with Crippen molar-refractivity contribution in [1.82, 2.24) is 15.2 Å². The van der Waals surface area contributed by atoms with Gasteiger partial charge in [-0.15, -0.1) is 5.10 Å². The predicted octanol–water partition coefficient (Wildman–Crippen LogP) is 2.08. The molecule has 98 valence electrons. The second-order valence-electron chi connectivity index (χ2n) is 4.67. The first-order chi connectivity index (χ1) is 9.42. The normalized spacial score (nSPS) is 14.6. The molecule has 1 N–H and O–H groups in total. The van der Waals surface area contributed by atoms with Crippen LogP contribution in [0.1, 0.15) is 18.4 Å². The molecule has 1 aromatic carbocycles. The van der Waals surface area contributed by atoms with Crippen molar-refractivity contribution in [3.63, 3.8) is 0 Å². The Morgan fingerprint density at radius 1 is 1.11 bits per heavy atom. The molecule has 0 aliphatic carbocycles.